The van der Waals surface area contributed by atoms with E-state index in [-0.39, 0.29) is 4.90 Å². The van der Waals surface area contributed by atoms with Crippen LogP contribution in [-0.2, 0) is 9.84 Å². The van der Waals surface area contributed by atoms with E-state index in [0.717, 1.165) is 32.0 Å². The Bertz CT molecular complexity index is 537. The van der Waals surface area contributed by atoms with Crippen LogP contribution in [0.4, 0.5) is 5.82 Å². The molecule has 1 saturated heterocycles. The summed E-state index contributed by atoms with van der Waals surface area (Å²) in [5.74, 6) is 1.20. The molecule has 0 atom stereocenters. The smallest absolute Gasteiger partial charge is 0.179 e. The van der Waals surface area contributed by atoms with Crippen LogP contribution in [0.3, 0.4) is 0 Å². The standard InChI is InChI=1S/C14H23N3O2S/c1-17-10-6-12(7-11-17)5-9-16-14-13(20(2,18)19)4-3-8-15-14/h3-4,8,12H,5-7,9-11H2,1-2H3,(H,15,16). The van der Waals surface area contributed by atoms with Crippen LogP contribution in [-0.4, -0.2) is 51.2 Å². The van der Waals surface area contributed by atoms with Gasteiger partial charge in [0.05, 0.1) is 0 Å². The predicted molar refractivity (Wildman–Crippen MR) is 80.7 cm³/mol. The monoisotopic (exact) mass is 297 g/mol. The zero-order valence-corrected chi connectivity index (χ0v) is 13.0. The summed E-state index contributed by atoms with van der Waals surface area (Å²) >= 11 is 0. The van der Waals surface area contributed by atoms with Crippen LogP contribution >= 0.6 is 0 Å². The Morgan fingerprint density at radius 3 is 2.75 bits per heavy atom. The second-order valence-corrected chi connectivity index (χ2v) is 7.57. The van der Waals surface area contributed by atoms with Gasteiger partial charge in [0.1, 0.15) is 10.7 Å². The van der Waals surface area contributed by atoms with Gasteiger partial charge in [0, 0.05) is 19.0 Å². The third-order valence-electron chi connectivity index (χ3n) is 3.85. The van der Waals surface area contributed by atoms with Crippen molar-refractivity contribution >= 4 is 15.7 Å². The van der Waals surface area contributed by atoms with Crippen molar-refractivity contribution in [2.24, 2.45) is 5.92 Å². The summed E-state index contributed by atoms with van der Waals surface area (Å²) in [5, 5.41) is 3.17. The van der Waals surface area contributed by atoms with Crippen molar-refractivity contribution in [1.29, 1.82) is 0 Å². The Kier molecular flexibility index (Phi) is 4.99. The summed E-state index contributed by atoms with van der Waals surface area (Å²) in [6.07, 6.45) is 6.34. The Hall–Kier alpha value is -1.14. The lowest BCUT2D eigenvalue weighted by Crippen LogP contribution is -2.30. The minimum Gasteiger partial charge on any atom is -0.369 e. The maximum atomic E-state index is 11.7. The summed E-state index contributed by atoms with van der Waals surface area (Å²) in [6.45, 7) is 3.08. The molecule has 0 saturated carbocycles. The van der Waals surface area contributed by atoms with Crippen molar-refractivity contribution in [3.8, 4) is 0 Å². The van der Waals surface area contributed by atoms with Crippen molar-refractivity contribution in [1.82, 2.24) is 9.88 Å². The quantitative estimate of drug-likeness (QED) is 0.895. The summed E-state index contributed by atoms with van der Waals surface area (Å²) in [5.41, 5.74) is 0. The molecule has 0 spiro atoms. The van der Waals surface area contributed by atoms with Gasteiger partial charge in [0.15, 0.2) is 9.84 Å². The van der Waals surface area contributed by atoms with Gasteiger partial charge < -0.3 is 10.2 Å². The third-order valence-corrected chi connectivity index (χ3v) is 4.98. The first kappa shape index (κ1) is 15.3. The number of anilines is 1. The highest BCUT2D eigenvalue weighted by atomic mass is 32.2. The maximum Gasteiger partial charge on any atom is 0.179 e. The molecule has 0 amide bonds. The zero-order valence-electron chi connectivity index (χ0n) is 12.2. The fourth-order valence-electron chi connectivity index (χ4n) is 2.57. The van der Waals surface area contributed by atoms with E-state index >= 15 is 0 Å². The van der Waals surface area contributed by atoms with Crippen LogP contribution in [0.2, 0.25) is 0 Å². The van der Waals surface area contributed by atoms with Crippen molar-refractivity contribution in [3.63, 3.8) is 0 Å². The van der Waals surface area contributed by atoms with Gasteiger partial charge in [-0.15, -0.1) is 0 Å². The molecule has 2 rings (SSSR count). The van der Waals surface area contributed by atoms with Crippen molar-refractivity contribution in [2.75, 3.05) is 38.3 Å². The summed E-state index contributed by atoms with van der Waals surface area (Å²) < 4.78 is 23.3. The Labute approximate surface area is 121 Å². The molecular weight excluding hydrogens is 274 g/mol. The lowest BCUT2D eigenvalue weighted by Gasteiger charge is -2.28. The summed E-state index contributed by atoms with van der Waals surface area (Å²) in [6, 6.07) is 3.25. The Morgan fingerprint density at radius 2 is 2.10 bits per heavy atom. The Balaban J connectivity index is 1.89. The van der Waals surface area contributed by atoms with Gasteiger partial charge in [-0.2, -0.15) is 0 Å². The van der Waals surface area contributed by atoms with Crippen LogP contribution in [0.15, 0.2) is 23.2 Å². The highest BCUT2D eigenvalue weighted by molar-refractivity contribution is 7.90. The van der Waals surface area contributed by atoms with Gasteiger partial charge in [0.25, 0.3) is 0 Å². The van der Waals surface area contributed by atoms with Crippen molar-refractivity contribution in [3.05, 3.63) is 18.3 Å². The van der Waals surface area contributed by atoms with E-state index < -0.39 is 9.84 Å². The van der Waals surface area contributed by atoms with Crippen LogP contribution in [0.25, 0.3) is 0 Å². The highest BCUT2D eigenvalue weighted by Crippen LogP contribution is 2.21. The number of nitrogens with one attached hydrogen (secondary N) is 1. The maximum absolute atomic E-state index is 11.7. The van der Waals surface area contributed by atoms with E-state index in [4.69, 9.17) is 0 Å². The highest BCUT2D eigenvalue weighted by Gasteiger charge is 2.17. The number of sulfone groups is 1. The lowest BCUT2D eigenvalue weighted by atomic mass is 9.94. The van der Waals surface area contributed by atoms with Gasteiger partial charge in [0.2, 0.25) is 0 Å². The number of hydrogen-bond acceptors (Lipinski definition) is 5. The van der Waals surface area contributed by atoms with E-state index in [1.54, 1.807) is 18.3 Å². The molecule has 1 aliphatic rings. The van der Waals surface area contributed by atoms with Crippen molar-refractivity contribution < 1.29 is 8.42 Å². The lowest BCUT2D eigenvalue weighted by molar-refractivity contribution is 0.215. The van der Waals surface area contributed by atoms with Gasteiger partial charge in [-0.05, 0) is 57.5 Å². The normalized spacial score (nSPS) is 18.1. The summed E-state index contributed by atoms with van der Waals surface area (Å²) in [4.78, 5) is 6.77. The van der Waals surface area contributed by atoms with E-state index in [9.17, 15) is 8.42 Å². The molecule has 0 unspecified atom stereocenters. The van der Waals surface area contributed by atoms with Gasteiger partial charge >= 0.3 is 0 Å². The molecule has 6 heteroatoms. The zero-order chi connectivity index (χ0) is 14.6. The molecule has 2 heterocycles. The SMILES string of the molecule is CN1CCC(CCNc2ncccc2S(C)(=O)=O)CC1. The molecule has 5 nitrogen and oxygen atoms in total. The van der Waals surface area contributed by atoms with Gasteiger partial charge in [-0.1, -0.05) is 0 Å². The average Bonchev–Trinajstić information content (AvgIpc) is 2.40. The molecule has 1 N–H and O–H groups in total. The van der Waals surface area contributed by atoms with E-state index in [1.165, 1.54) is 19.1 Å². The van der Waals surface area contributed by atoms with Crippen LogP contribution < -0.4 is 5.32 Å². The van der Waals surface area contributed by atoms with Crippen molar-refractivity contribution in [2.45, 2.75) is 24.2 Å². The third kappa shape index (κ3) is 4.18. The molecule has 1 fully saturated rings. The molecule has 1 aliphatic heterocycles. The van der Waals surface area contributed by atoms with E-state index in [1.807, 2.05) is 0 Å². The van der Waals surface area contributed by atoms with Gasteiger partial charge in [-0.3, -0.25) is 0 Å². The van der Waals surface area contributed by atoms with Crippen LogP contribution in [0, 0.1) is 5.92 Å². The first-order chi connectivity index (χ1) is 9.47. The molecular formula is C14H23N3O2S. The number of pyridine rings is 1. The molecule has 112 valence electrons. The fraction of sp³-hybridized carbons (Fsp3) is 0.643. The molecule has 20 heavy (non-hydrogen) atoms. The number of rotatable bonds is 5. The van der Waals surface area contributed by atoms with Crippen LogP contribution in [0.5, 0.6) is 0 Å². The number of likely N-dealkylation sites (tertiary alicyclic amines) is 1. The first-order valence-electron chi connectivity index (χ1n) is 7.04. The summed E-state index contributed by atoms with van der Waals surface area (Å²) in [7, 11) is -1.07. The average molecular weight is 297 g/mol. The van der Waals surface area contributed by atoms with Gasteiger partial charge in [-0.25, -0.2) is 13.4 Å². The number of nitrogens with zero attached hydrogens (tertiary/aromatic N) is 2. The largest absolute Gasteiger partial charge is 0.369 e. The second-order valence-electron chi connectivity index (χ2n) is 5.58. The molecule has 1 aromatic heterocycles. The second kappa shape index (κ2) is 6.54. The minimum absolute atomic E-state index is 0.281. The van der Waals surface area contributed by atoms with Crippen LogP contribution in [0.1, 0.15) is 19.3 Å². The number of hydrogen-bond donors (Lipinski definition) is 1. The number of aromatic nitrogens is 1. The molecule has 1 aromatic rings. The minimum atomic E-state index is -3.23. The topological polar surface area (TPSA) is 62.3 Å². The Morgan fingerprint density at radius 1 is 1.40 bits per heavy atom. The fourth-order valence-corrected chi connectivity index (χ4v) is 3.37. The van der Waals surface area contributed by atoms with E-state index in [2.05, 4.69) is 22.2 Å². The molecule has 0 aliphatic carbocycles. The first-order valence-corrected chi connectivity index (χ1v) is 8.93. The molecule has 0 bridgehead atoms. The molecule has 0 aromatic carbocycles. The number of piperidine rings is 1. The molecule has 0 radical (unpaired) electrons. The predicted octanol–water partition coefficient (Wildman–Crippen LogP) is 1.63. The van der Waals surface area contributed by atoms with E-state index in [0.29, 0.717) is 5.82 Å².